The third kappa shape index (κ3) is 3.14. The molecule has 0 saturated carbocycles. The fourth-order valence-corrected chi connectivity index (χ4v) is 1.06. The van der Waals surface area contributed by atoms with E-state index in [2.05, 4.69) is 10.3 Å². The van der Waals surface area contributed by atoms with E-state index in [0.29, 0.717) is 6.54 Å². The number of carbonyl (C=O) groups is 1. The molecule has 0 radical (unpaired) electrons. The van der Waals surface area contributed by atoms with Crippen LogP contribution in [-0.4, -0.2) is 24.6 Å². The summed E-state index contributed by atoms with van der Waals surface area (Å²) in [6.07, 6.45) is 3.48. The summed E-state index contributed by atoms with van der Waals surface area (Å²) >= 11 is 0. The first-order valence-electron chi connectivity index (χ1n) is 4.39. The maximum absolute atomic E-state index is 11.1. The first-order chi connectivity index (χ1) is 6.74. The van der Waals surface area contributed by atoms with Crippen molar-refractivity contribution in [1.29, 1.82) is 0 Å². The Morgan fingerprint density at radius 1 is 1.64 bits per heavy atom. The average Bonchev–Trinajstić information content (AvgIpc) is 2.17. The van der Waals surface area contributed by atoms with E-state index < -0.39 is 0 Å². The Morgan fingerprint density at radius 3 is 3.07 bits per heavy atom. The van der Waals surface area contributed by atoms with Crippen LogP contribution in [0.25, 0.3) is 0 Å². The number of amides is 1. The third-order valence-corrected chi connectivity index (χ3v) is 1.90. The lowest BCUT2D eigenvalue weighted by Crippen LogP contribution is -2.26. The van der Waals surface area contributed by atoms with Crippen molar-refractivity contribution < 1.29 is 9.53 Å². The van der Waals surface area contributed by atoms with Crippen LogP contribution in [-0.2, 0) is 16.1 Å². The maximum atomic E-state index is 11.1. The number of aromatic nitrogens is 1. The Kier molecular flexibility index (Phi) is 4.07. The molecule has 0 unspecified atom stereocenters. The number of nitrogens with one attached hydrogen (secondary N) is 1. The summed E-state index contributed by atoms with van der Waals surface area (Å²) < 4.78 is 4.69. The van der Waals surface area contributed by atoms with Gasteiger partial charge in [-0.15, -0.1) is 0 Å². The van der Waals surface area contributed by atoms with Crippen LogP contribution in [0.3, 0.4) is 0 Å². The molecule has 0 aromatic carbocycles. The van der Waals surface area contributed by atoms with Crippen LogP contribution >= 0.6 is 0 Å². The number of aryl methyl sites for hydroxylation is 1. The van der Waals surface area contributed by atoms with Gasteiger partial charge in [-0.1, -0.05) is 0 Å². The minimum absolute atomic E-state index is 0.0965. The van der Waals surface area contributed by atoms with Gasteiger partial charge in [0.05, 0.1) is 0 Å². The second kappa shape index (κ2) is 5.34. The highest BCUT2D eigenvalue weighted by molar-refractivity contribution is 5.77. The third-order valence-electron chi connectivity index (χ3n) is 1.90. The lowest BCUT2D eigenvalue weighted by atomic mass is 10.1. The lowest BCUT2D eigenvalue weighted by molar-refractivity contribution is -0.124. The Labute approximate surface area is 83.3 Å². The van der Waals surface area contributed by atoms with Gasteiger partial charge in [0.2, 0.25) is 5.91 Å². The number of pyridine rings is 1. The number of methoxy groups -OCH3 is 1. The molecule has 0 aliphatic rings. The molecule has 0 saturated heterocycles. The molecule has 1 heterocycles. The Morgan fingerprint density at radius 2 is 2.43 bits per heavy atom. The van der Waals surface area contributed by atoms with Gasteiger partial charge in [0.1, 0.15) is 6.61 Å². The summed E-state index contributed by atoms with van der Waals surface area (Å²) in [6.45, 7) is 2.58. The zero-order valence-electron chi connectivity index (χ0n) is 8.41. The molecule has 1 aromatic rings. The van der Waals surface area contributed by atoms with E-state index in [1.807, 2.05) is 13.0 Å². The van der Waals surface area contributed by atoms with Gasteiger partial charge in [0.25, 0.3) is 0 Å². The molecule has 0 spiro atoms. The SMILES string of the molecule is COCC(=O)NCc1cnccc1C. The van der Waals surface area contributed by atoms with Crippen molar-refractivity contribution in [2.75, 3.05) is 13.7 Å². The quantitative estimate of drug-likeness (QED) is 0.765. The number of hydrogen-bond donors (Lipinski definition) is 1. The summed E-state index contributed by atoms with van der Waals surface area (Å²) in [5.41, 5.74) is 2.15. The molecule has 0 aliphatic heterocycles. The Bertz CT molecular complexity index is 313. The molecule has 0 aliphatic carbocycles. The van der Waals surface area contributed by atoms with Crippen molar-refractivity contribution in [2.45, 2.75) is 13.5 Å². The van der Waals surface area contributed by atoms with Gasteiger partial charge in [0.15, 0.2) is 0 Å². The normalized spacial score (nSPS) is 9.86. The van der Waals surface area contributed by atoms with E-state index in [9.17, 15) is 4.79 Å². The van der Waals surface area contributed by atoms with Crippen molar-refractivity contribution in [3.63, 3.8) is 0 Å². The zero-order chi connectivity index (χ0) is 10.4. The Hall–Kier alpha value is -1.42. The molecule has 4 nitrogen and oxygen atoms in total. The van der Waals surface area contributed by atoms with Gasteiger partial charge >= 0.3 is 0 Å². The largest absolute Gasteiger partial charge is 0.375 e. The van der Waals surface area contributed by atoms with Crippen LogP contribution in [0.2, 0.25) is 0 Å². The molecular weight excluding hydrogens is 180 g/mol. The predicted molar refractivity (Wildman–Crippen MR) is 52.7 cm³/mol. The molecular formula is C10H14N2O2. The smallest absolute Gasteiger partial charge is 0.246 e. The van der Waals surface area contributed by atoms with E-state index in [4.69, 9.17) is 4.74 Å². The predicted octanol–water partition coefficient (Wildman–Crippen LogP) is 0.653. The second-order valence-electron chi connectivity index (χ2n) is 3.01. The number of hydrogen-bond acceptors (Lipinski definition) is 3. The van der Waals surface area contributed by atoms with E-state index in [1.165, 1.54) is 7.11 Å². The van der Waals surface area contributed by atoms with E-state index >= 15 is 0 Å². The molecule has 1 aromatic heterocycles. The number of nitrogens with zero attached hydrogens (tertiary/aromatic N) is 1. The molecule has 4 heteroatoms. The van der Waals surface area contributed by atoms with E-state index in [-0.39, 0.29) is 12.5 Å². The first kappa shape index (κ1) is 10.7. The van der Waals surface area contributed by atoms with E-state index in [1.54, 1.807) is 12.4 Å². The van der Waals surface area contributed by atoms with Gasteiger partial charge in [-0.2, -0.15) is 0 Å². The standard InChI is InChI=1S/C10H14N2O2/c1-8-3-4-11-5-9(8)6-12-10(13)7-14-2/h3-5H,6-7H2,1-2H3,(H,12,13). The summed E-state index contributed by atoms with van der Waals surface area (Å²) in [4.78, 5) is 15.1. The van der Waals surface area contributed by atoms with Crippen LogP contribution in [0.1, 0.15) is 11.1 Å². The van der Waals surface area contributed by atoms with Gasteiger partial charge in [-0.05, 0) is 24.1 Å². The van der Waals surface area contributed by atoms with Crippen LogP contribution in [0, 0.1) is 6.92 Å². The van der Waals surface area contributed by atoms with Gasteiger partial charge in [-0.25, -0.2) is 0 Å². The monoisotopic (exact) mass is 194 g/mol. The summed E-state index contributed by atoms with van der Waals surface area (Å²) in [5, 5.41) is 2.74. The highest BCUT2D eigenvalue weighted by Gasteiger charge is 2.01. The van der Waals surface area contributed by atoms with Crippen molar-refractivity contribution in [1.82, 2.24) is 10.3 Å². The minimum atomic E-state index is -0.115. The molecule has 1 N–H and O–H groups in total. The zero-order valence-corrected chi connectivity index (χ0v) is 8.41. The maximum Gasteiger partial charge on any atom is 0.246 e. The second-order valence-corrected chi connectivity index (χ2v) is 3.01. The van der Waals surface area contributed by atoms with Crippen LogP contribution in [0.15, 0.2) is 18.5 Å². The van der Waals surface area contributed by atoms with Crippen molar-refractivity contribution in [3.05, 3.63) is 29.6 Å². The van der Waals surface area contributed by atoms with Gasteiger partial charge in [-0.3, -0.25) is 9.78 Å². The topological polar surface area (TPSA) is 51.2 Å². The average molecular weight is 194 g/mol. The minimum Gasteiger partial charge on any atom is -0.375 e. The van der Waals surface area contributed by atoms with Crippen LogP contribution in [0.5, 0.6) is 0 Å². The van der Waals surface area contributed by atoms with Crippen molar-refractivity contribution in [3.8, 4) is 0 Å². The molecule has 14 heavy (non-hydrogen) atoms. The molecule has 0 fully saturated rings. The molecule has 0 bridgehead atoms. The summed E-state index contributed by atoms with van der Waals surface area (Å²) in [5.74, 6) is -0.115. The fourth-order valence-electron chi connectivity index (χ4n) is 1.06. The van der Waals surface area contributed by atoms with E-state index in [0.717, 1.165) is 11.1 Å². The highest BCUT2D eigenvalue weighted by atomic mass is 16.5. The lowest BCUT2D eigenvalue weighted by Gasteiger charge is -2.06. The first-order valence-corrected chi connectivity index (χ1v) is 4.39. The molecule has 0 atom stereocenters. The molecule has 1 rings (SSSR count). The fraction of sp³-hybridized carbons (Fsp3) is 0.400. The van der Waals surface area contributed by atoms with Crippen LogP contribution in [0.4, 0.5) is 0 Å². The number of carbonyl (C=O) groups excluding carboxylic acids is 1. The summed E-state index contributed by atoms with van der Waals surface area (Å²) in [6, 6.07) is 1.91. The van der Waals surface area contributed by atoms with Gasteiger partial charge in [0, 0.05) is 26.0 Å². The number of rotatable bonds is 4. The van der Waals surface area contributed by atoms with Gasteiger partial charge < -0.3 is 10.1 Å². The number of ether oxygens (including phenoxy) is 1. The van der Waals surface area contributed by atoms with Crippen molar-refractivity contribution in [2.24, 2.45) is 0 Å². The molecule has 76 valence electrons. The van der Waals surface area contributed by atoms with Crippen LogP contribution < -0.4 is 5.32 Å². The summed E-state index contributed by atoms with van der Waals surface area (Å²) in [7, 11) is 1.49. The Balaban J connectivity index is 2.46. The van der Waals surface area contributed by atoms with Crippen molar-refractivity contribution >= 4 is 5.91 Å². The highest BCUT2D eigenvalue weighted by Crippen LogP contribution is 2.03. The molecule has 1 amide bonds.